The van der Waals surface area contributed by atoms with Crippen molar-refractivity contribution in [3.8, 4) is 17.1 Å². The highest BCUT2D eigenvalue weighted by atomic mass is 35.5. The van der Waals surface area contributed by atoms with Crippen LogP contribution in [0.4, 0.5) is 0 Å². The van der Waals surface area contributed by atoms with Crippen molar-refractivity contribution in [2.75, 3.05) is 6.26 Å². The SMILES string of the molecule is CS(=O)(=O)c1ccc(-n2cc(C(=O)c3ccccc3)nc2-c2ccc(Cl)cc2)cc1. The maximum absolute atomic E-state index is 12.9. The summed E-state index contributed by atoms with van der Waals surface area (Å²) in [5.41, 5.74) is 2.29. The molecule has 7 heteroatoms. The molecular formula is C23H17ClN2O3S. The lowest BCUT2D eigenvalue weighted by Gasteiger charge is -2.09. The summed E-state index contributed by atoms with van der Waals surface area (Å²) in [5.74, 6) is 0.357. The monoisotopic (exact) mass is 436 g/mol. The number of carbonyl (C=O) groups excluding carboxylic acids is 1. The summed E-state index contributed by atoms with van der Waals surface area (Å²) in [4.78, 5) is 17.7. The van der Waals surface area contributed by atoms with Crippen molar-refractivity contribution in [3.63, 3.8) is 0 Å². The highest BCUT2D eigenvalue weighted by molar-refractivity contribution is 7.90. The summed E-state index contributed by atoms with van der Waals surface area (Å²) in [6.45, 7) is 0. The summed E-state index contributed by atoms with van der Waals surface area (Å²) in [5, 5.41) is 0.593. The molecule has 0 saturated heterocycles. The van der Waals surface area contributed by atoms with Gasteiger partial charge >= 0.3 is 0 Å². The third-order valence-electron chi connectivity index (χ3n) is 4.62. The van der Waals surface area contributed by atoms with E-state index in [0.29, 0.717) is 27.8 Å². The molecule has 3 aromatic carbocycles. The van der Waals surface area contributed by atoms with Crippen molar-refractivity contribution in [2.45, 2.75) is 4.90 Å². The zero-order valence-electron chi connectivity index (χ0n) is 16.0. The second-order valence-electron chi connectivity index (χ2n) is 6.79. The van der Waals surface area contributed by atoms with E-state index in [1.807, 2.05) is 18.2 Å². The zero-order valence-corrected chi connectivity index (χ0v) is 17.6. The molecule has 0 atom stereocenters. The van der Waals surface area contributed by atoms with Crippen molar-refractivity contribution in [2.24, 2.45) is 0 Å². The predicted octanol–water partition coefficient (Wildman–Crippen LogP) is 4.83. The first-order chi connectivity index (χ1) is 14.3. The second kappa shape index (κ2) is 7.89. The summed E-state index contributed by atoms with van der Waals surface area (Å²) in [6, 6.07) is 22.5. The normalized spacial score (nSPS) is 11.4. The van der Waals surface area contributed by atoms with Gasteiger partial charge in [0.1, 0.15) is 11.5 Å². The number of nitrogens with zero attached hydrogens (tertiary/aromatic N) is 2. The van der Waals surface area contributed by atoms with E-state index < -0.39 is 9.84 Å². The van der Waals surface area contributed by atoms with Crippen LogP contribution in [-0.2, 0) is 9.84 Å². The minimum absolute atomic E-state index is 0.197. The van der Waals surface area contributed by atoms with Gasteiger partial charge in [-0.3, -0.25) is 9.36 Å². The number of rotatable bonds is 5. The van der Waals surface area contributed by atoms with Gasteiger partial charge in [0.15, 0.2) is 9.84 Å². The summed E-state index contributed by atoms with van der Waals surface area (Å²) in [7, 11) is -3.31. The summed E-state index contributed by atoms with van der Waals surface area (Å²) in [6.07, 6.45) is 2.82. The first-order valence-corrected chi connectivity index (χ1v) is 11.4. The molecule has 1 heterocycles. The average molecular weight is 437 g/mol. The first kappa shape index (κ1) is 20.1. The van der Waals surface area contributed by atoms with Gasteiger partial charge in [-0.15, -0.1) is 0 Å². The Labute approximate surface area is 179 Å². The molecule has 0 aliphatic rings. The Bertz CT molecular complexity index is 1310. The molecule has 0 unspecified atom stereocenters. The largest absolute Gasteiger partial charge is 0.299 e. The molecule has 0 saturated carbocycles. The average Bonchev–Trinajstić information content (AvgIpc) is 3.19. The molecule has 0 fully saturated rings. The van der Waals surface area contributed by atoms with Crippen molar-refractivity contribution >= 4 is 27.2 Å². The van der Waals surface area contributed by atoms with Gasteiger partial charge in [0.2, 0.25) is 5.78 Å². The molecule has 0 aliphatic carbocycles. The standard InChI is InChI=1S/C23H17ClN2O3S/c1-30(28,29)20-13-11-19(12-14-20)26-15-21(22(27)16-5-3-2-4-6-16)25-23(26)17-7-9-18(24)10-8-17/h2-15H,1H3. The van der Waals surface area contributed by atoms with E-state index in [2.05, 4.69) is 4.98 Å². The van der Waals surface area contributed by atoms with E-state index in [9.17, 15) is 13.2 Å². The summed E-state index contributed by atoms with van der Waals surface area (Å²) < 4.78 is 25.3. The number of ketones is 1. The van der Waals surface area contributed by atoms with Crippen LogP contribution in [0.2, 0.25) is 5.02 Å². The highest BCUT2D eigenvalue weighted by Gasteiger charge is 2.18. The second-order valence-corrected chi connectivity index (χ2v) is 9.24. The fraction of sp³-hybridized carbons (Fsp3) is 0.0435. The Balaban J connectivity index is 1.84. The van der Waals surface area contributed by atoms with Gasteiger partial charge in [0.05, 0.1) is 4.90 Å². The Morgan fingerprint density at radius 1 is 0.900 bits per heavy atom. The van der Waals surface area contributed by atoms with Gasteiger partial charge in [-0.05, 0) is 48.5 Å². The smallest absolute Gasteiger partial charge is 0.212 e. The number of hydrogen-bond donors (Lipinski definition) is 0. The lowest BCUT2D eigenvalue weighted by molar-refractivity contribution is 0.103. The Hall–Kier alpha value is -3.22. The van der Waals surface area contributed by atoms with Crippen molar-refractivity contribution in [1.82, 2.24) is 9.55 Å². The fourth-order valence-electron chi connectivity index (χ4n) is 3.08. The van der Waals surface area contributed by atoms with Crippen molar-refractivity contribution in [3.05, 3.63) is 101 Å². The minimum atomic E-state index is -3.31. The lowest BCUT2D eigenvalue weighted by atomic mass is 10.1. The van der Waals surface area contributed by atoms with Crippen molar-refractivity contribution in [1.29, 1.82) is 0 Å². The molecule has 0 N–H and O–H groups in total. The molecule has 4 aromatic rings. The number of carbonyl (C=O) groups is 1. The molecule has 0 spiro atoms. The Kier molecular flexibility index (Phi) is 5.28. The van der Waals surface area contributed by atoms with E-state index in [1.165, 1.54) is 12.1 Å². The van der Waals surface area contributed by atoms with Crippen LogP contribution in [0.15, 0.2) is 90.0 Å². The number of imidazole rings is 1. The topological polar surface area (TPSA) is 69.0 Å². The highest BCUT2D eigenvalue weighted by Crippen LogP contribution is 2.26. The lowest BCUT2D eigenvalue weighted by Crippen LogP contribution is -2.01. The molecule has 0 aliphatic heterocycles. The molecule has 4 rings (SSSR count). The molecular weight excluding hydrogens is 420 g/mol. The Morgan fingerprint density at radius 3 is 2.13 bits per heavy atom. The van der Waals surface area contributed by atoms with E-state index in [-0.39, 0.29) is 10.7 Å². The number of sulfone groups is 1. The molecule has 0 amide bonds. The molecule has 0 bridgehead atoms. The van der Waals surface area contributed by atoms with Gasteiger partial charge in [0.25, 0.3) is 0 Å². The van der Waals surface area contributed by atoms with Crippen LogP contribution >= 0.6 is 11.6 Å². The van der Waals surface area contributed by atoms with Crippen molar-refractivity contribution < 1.29 is 13.2 Å². The molecule has 5 nitrogen and oxygen atoms in total. The molecule has 30 heavy (non-hydrogen) atoms. The van der Waals surface area contributed by atoms with Crippen LogP contribution in [0.25, 0.3) is 17.1 Å². The minimum Gasteiger partial charge on any atom is -0.299 e. The van der Waals surface area contributed by atoms with Crippen LogP contribution in [0.1, 0.15) is 16.1 Å². The first-order valence-electron chi connectivity index (χ1n) is 9.08. The van der Waals surface area contributed by atoms with Gasteiger partial charge < -0.3 is 0 Å². The third kappa shape index (κ3) is 4.06. The number of halogens is 1. The third-order valence-corrected chi connectivity index (χ3v) is 6.00. The van der Waals surface area contributed by atoms with Crippen LogP contribution in [0.5, 0.6) is 0 Å². The predicted molar refractivity (Wildman–Crippen MR) is 117 cm³/mol. The Morgan fingerprint density at radius 2 is 1.53 bits per heavy atom. The van der Waals surface area contributed by atoms with Crippen LogP contribution in [0, 0.1) is 0 Å². The van der Waals surface area contributed by atoms with Crippen LogP contribution < -0.4 is 0 Å². The fourth-order valence-corrected chi connectivity index (χ4v) is 3.84. The zero-order chi connectivity index (χ0) is 21.3. The van der Waals surface area contributed by atoms with Gasteiger partial charge in [-0.1, -0.05) is 41.9 Å². The van der Waals surface area contributed by atoms with Crippen LogP contribution in [-0.4, -0.2) is 30.0 Å². The van der Waals surface area contributed by atoms with E-state index in [4.69, 9.17) is 11.6 Å². The number of benzene rings is 3. The maximum Gasteiger partial charge on any atom is 0.212 e. The van der Waals surface area contributed by atoms with E-state index in [0.717, 1.165) is 11.8 Å². The van der Waals surface area contributed by atoms with Gasteiger partial charge in [-0.2, -0.15) is 0 Å². The van der Waals surface area contributed by atoms with Gasteiger partial charge in [0, 0.05) is 34.3 Å². The summed E-state index contributed by atoms with van der Waals surface area (Å²) >= 11 is 6.01. The number of aromatic nitrogens is 2. The van der Waals surface area contributed by atoms with Crippen LogP contribution in [0.3, 0.4) is 0 Å². The molecule has 150 valence electrons. The molecule has 0 radical (unpaired) electrons. The van der Waals surface area contributed by atoms with Gasteiger partial charge in [-0.25, -0.2) is 13.4 Å². The van der Waals surface area contributed by atoms with E-state index >= 15 is 0 Å². The quantitative estimate of drug-likeness (QED) is 0.420. The van der Waals surface area contributed by atoms with E-state index in [1.54, 1.807) is 59.3 Å². The maximum atomic E-state index is 12.9. The molecule has 1 aromatic heterocycles. The number of hydrogen-bond acceptors (Lipinski definition) is 4.